The van der Waals surface area contributed by atoms with E-state index in [1.165, 1.54) is 31.6 Å². The average molecular weight is 452 g/mol. The number of sulfonamides is 1. The molecular weight excluding hydrogens is 435 g/mol. The zero-order valence-electron chi connectivity index (χ0n) is 16.9. The van der Waals surface area contributed by atoms with Crippen molar-refractivity contribution in [3.8, 4) is 17.5 Å². The third-order valence-corrected chi connectivity index (χ3v) is 6.44. The summed E-state index contributed by atoms with van der Waals surface area (Å²) in [5.41, 5.74) is 0.334. The Hall–Kier alpha value is -3.84. The van der Waals surface area contributed by atoms with Gasteiger partial charge in [-0.3, -0.25) is 4.72 Å². The lowest BCUT2D eigenvalue weighted by molar-refractivity contribution is 0.0600. The first kappa shape index (κ1) is 21.4. The molecule has 1 saturated carbocycles. The molecule has 1 fully saturated rings. The van der Waals surface area contributed by atoms with Gasteiger partial charge in [0.1, 0.15) is 11.9 Å². The number of nitriles is 1. The number of aromatic nitrogens is 2. The lowest BCUT2D eigenvalue weighted by Gasteiger charge is -2.16. The molecule has 0 aliphatic heterocycles. The van der Waals surface area contributed by atoms with Gasteiger partial charge < -0.3 is 4.74 Å². The Balaban J connectivity index is 1.84. The standard InChI is InChI=1S/C22H17FN4O4S/c1-31-22(28)14-5-6-16(13-3-4-13)20(10-14)32(29,30)27-19-9-15(12-24)18(23)11-17(19)21-25-7-2-8-26-21/h2,5-11,13,27H,3-4H2,1H3. The maximum absolute atomic E-state index is 14.3. The molecule has 4 rings (SSSR count). The lowest BCUT2D eigenvalue weighted by Crippen LogP contribution is -2.17. The van der Waals surface area contributed by atoms with Crippen molar-refractivity contribution >= 4 is 21.7 Å². The van der Waals surface area contributed by atoms with E-state index in [0.29, 0.717) is 5.56 Å². The minimum absolute atomic E-state index is 0.0561. The van der Waals surface area contributed by atoms with E-state index in [1.807, 2.05) is 0 Å². The van der Waals surface area contributed by atoms with Gasteiger partial charge in [-0.2, -0.15) is 5.26 Å². The maximum Gasteiger partial charge on any atom is 0.337 e. The Kier molecular flexibility index (Phi) is 5.59. The van der Waals surface area contributed by atoms with Gasteiger partial charge >= 0.3 is 5.97 Å². The van der Waals surface area contributed by atoms with Crippen molar-refractivity contribution in [2.24, 2.45) is 0 Å². The largest absolute Gasteiger partial charge is 0.465 e. The molecule has 0 unspecified atom stereocenters. The van der Waals surface area contributed by atoms with E-state index in [2.05, 4.69) is 14.7 Å². The summed E-state index contributed by atoms with van der Waals surface area (Å²) in [5, 5.41) is 9.22. The summed E-state index contributed by atoms with van der Waals surface area (Å²) in [6, 6.07) is 9.75. The summed E-state index contributed by atoms with van der Waals surface area (Å²) < 4.78 is 48.3. The van der Waals surface area contributed by atoms with Crippen molar-refractivity contribution in [1.29, 1.82) is 5.26 Å². The van der Waals surface area contributed by atoms with Crippen LogP contribution in [0.4, 0.5) is 10.1 Å². The predicted octanol–water partition coefficient (Wildman–Crippen LogP) is 3.62. The number of nitrogens with zero attached hydrogens (tertiary/aromatic N) is 3. The summed E-state index contributed by atoms with van der Waals surface area (Å²) in [6.07, 6.45) is 4.53. The SMILES string of the molecule is COC(=O)c1ccc(C2CC2)c(S(=O)(=O)Nc2cc(C#N)c(F)cc2-c2ncccn2)c1. The molecule has 1 aliphatic rings. The normalized spacial score (nSPS) is 13.3. The highest BCUT2D eigenvalue weighted by Crippen LogP contribution is 2.43. The molecular formula is C22H17FN4O4S. The first-order chi connectivity index (χ1) is 15.3. The molecule has 8 nitrogen and oxygen atoms in total. The monoisotopic (exact) mass is 452 g/mol. The minimum Gasteiger partial charge on any atom is -0.465 e. The van der Waals surface area contributed by atoms with Crippen molar-refractivity contribution in [2.75, 3.05) is 11.8 Å². The first-order valence-electron chi connectivity index (χ1n) is 9.60. The van der Waals surface area contributed by atoms with Crippen LogP contribution in [0.3, 0.4) is 0 Å². The van der Waals surface area contributed by atoms with Crippen molar-refractivity contribution < 1.29 is 22.3 Å². The fourth-order valence-electron chi connectivity index (χ4n) is 3.31. The molecule has 0 amide bonds. The van der Waals surface area contributed by atoms with Gasteiger partial charge in [0, 0.05) is 18.0 Å². The summed E-state index contributed by atoms with van der Waals surface area (Å²) in [5.74, 6) is -1.35. The molecule has 2 aromatic carbocycles. The first-order valence-corrected chi connectivity index (χ1v) is 11.1. The van der Waals surface area contributed by atoms with Gasteiger partial charge in [-0.25, -0.2) is 27.6 Å². The van der Waals surface area contributed by atoms with Gasteiger partial charge in [-0.05, 0) is 54.7 Å². The molecule has 3 aromatic rings. The number of hydrogen-bond acceptors (Lipinski definition) is 7. The van der Waals surface area contributed by atoms with Crippen LogP contribution in [0.5, 0.6) is 0 Å². The molecule has 0 atom stereocenters. The summed E-state index contributed by atoms with van der Waals surface area (Å²) in [4.78, 5) is 20.0. The van der Waals surface area contributed by atoms with E-state index in [4.69, 9.17) is 4.74 Å². The van der Waals surface area contributed by atoms with Gasteiger partial charge in [0.2, 0.25) is 0 Å². The highest BCUT2D eigenvalue weighted by molar-refractivity contribution is 7.92. The van der Waals surface area contributed by atoms with Crippen LogP contribution in [0.25, 0.3) is 11.4 Å². The van der Waals surface area contributed by atoms with Crippen molar-refractivity contribution in [3.05, 3.63) is 71.3 Å². The minimum atomic E-state index is -4.23. The highest BCUT2D eigenvalue weighted by atomic mass is 32.2. The predicted molar refractivity (Wildman–Crippen MR) is 113 cm³/mol. The second kappa shape index (κ2) is 8.36. The van der Waals surface area contributed by atoms with Crippen LogP contribution in [0, 0.1) is 17.1 Å². The molecule has 1 heterocycles. The van der Waals surface area contributed by atoms with Crippen molar-refractivity contribution in [1.82, 2.24) is 9.97 Å². The summed E-state index contributed by atoms with van der Waals surface area (Å²) >= 11 is 0. The number of esters is 1. The number of carbonyl (C=O) groups excluding carboxylic acids is 1. The summed E-state index contributed by atoms with van der Waals surface area (Å²) in [7, 11) is -3.02. The molecule has 0 bridgehead atoms. The number of anilines is 1. The number of hydrogen-bond donors (Lipinski definition) is 1. The molecule has 32 heavy (non-hydrogen) atoms. The van der Waals surface area contributed by atoms with E-state index < -0.39 is 21.8 Å². The topological polar surface area (TPSA) is 122 Å². The third kappa shape index (κ3) is 4.15. The quantitative estimate of drug-likeness (QED) is 0.567. The third-order valence-electron chi connectivity index (χ3n) is 5.02. The van der Waals surface area contributed by atoms with Gasteiger partial charge in [0.15, 0.2) is 5.82 Å². The van der Waals surface area contributed by atoms with Crippen LogP contribution in [-0.4, -0.2) is 31.5 Å². The van der Waals surface area contributed by atoms with Crippen LogP contribution in [0.1, 0.15) is 40.2 Å². The number of nitrogens with one attached hydrogen (secondary N) is 1. The zero-order chi connectivity index (χ0) is 22.9. The lowest BCUT2D eigenvalue weighted by atomic mass is 10.1. The van der Waals surface area contributed by atoms with E-state index in [1.54, 1.807) is 18.2 Å². The van der Waals surface area contributed by atoms with Crippen molar-refractivity contribution in [3.63, 3.8) is 0 Å². The van der Waals surface area contributed by atoms with Crippen LogP contribution < -0.4 is 4.72 Å². The Morgan fingerprint density at radius 3 is 2.56 bits per heavy atom. The number of halogens is 1. The Bertz CT molecular complexity index is 1350. The molecule has 0 saturated heterocycles. The number of carbonyl (C=O) groups is 1. The fourth-order valence-corrected chi connectivity index (χ4v) is 4.71. The Labute approximate surface area is 183 Å². The van der Waals surface area contributed by atoms with E-state index in [-0.39, 0.29) is 39.0 Å². The van der Waals surface area contributed by atoms with E-state index >= 15 is 0 Å². The van der Waals surface area contributed by atoms with Gasteiger partial charge in [0.25, 0.3) is 10.0 Å². The maximum atomic E-state index is 14.3. The highest BCUT2D eigenvalue weighted by Gasteiger charge is 2.32. The Morgan fingerprint density at radius 2 is 1.94 bits per heavy atom. The molecule has 0 radical (unpaired) electrons. The van der Waals surface area contributed by atoms with Crippen LogP contribution in [0.2, 0.25) is 0 Å². The van der Waals surface area contributed by atoms with Gasteiger partial charge in [0.05, 0.1) is 28.8 Å². The molecule has 10 heteroatoms. The molecule has 1 aliphatic carbocycles. The second-order valence-corrected chi connectivity index (χ2v) is 8.84. The molecule has 1 aromatic heterocycles. The van der Waals surface area contributed by atoms with Crippen LogP contribution in [-0.2, 0) is 14.8 Å². The molecule has 162 valence electrons. The number of ether oxygens (including phenoxy) is 1. The number of methoxy groups -OCH3 is 1. The fraction of sp³-hybridized carbons (Fsp3) is 0.182. The van der Waals surface area contributed by atoms with Crippen molar-refractivity contribution in [2.45, 2.75) is 23.7 Å². The van der Waals surface area contributed by atoms with E-state index in [9.17, 15) is 22.9 Å². The average Bonchev–Trinajstić information content (AvgIpc) is 3.65. The van der Waals surface area contributed by atoms with Gasteiger partial charge in [-0.15, -0.1) is 0 Å². The van der Waals surface area contributed by atoms with Crippen LogP contribution in [0.15, 0.2) is 53.7 Å². The molecule has 1 N–H and O–H groups in total. The van der Waals surface area contributed by atoms with Gasteiger partial charge in [-0.1, -0.05) is 6.07 Å². The smallest absolute Gasteiger partial charge is 0.337 e. The second-order valence-electron chi connectivity index (χ2n) is 7.19. The zero-order valence-corrected chi connectivity index (χ0v) is 17.7. The van der Waals surface area contributed by atoms with E-state index in [0.717, 1.165) is 25.0 Å². The Morgan fingerprint density at radius 1 is 1.22 bits per heavy atom. The number of benzene rings is 2. The number of rotatable bonds is 6. The van der Waals surface area contributed by atoms with Crippen LogP contribution >= 0.6 is 0 Å². The molecule has 0 spiro atoms. The summed E-state index contributed by atoms with van der Waals surface area (Å²) in [6.45, 7) is 0.